The first kappa shape index (κ1) is 12.2. The Kier molecular flexibility index (Phi) is 3.25. The van der Waals surface area contributed by atoms with Gasteiger partial charge in [0.2, 0.25) is 0 Å². The molecule has 1 aliphatic rings. The summed E-state index contributed by atoms with van der Waals surface area (Å²) in [6.45, 7) is 1.30. The van der Waals surface area contributed by atoms with Crippen LogP contribution in [0, 0.1) is 0 Å². The molecule has 0 radical (unpaired) electrons. The van der Waals surface area contributed by atoms with Crippen molar-refractivity contribution in [2.24, 2.45) is 0 Å². The van der Waals surface area contributed by atoms with E-state index in [2.05, 4.69) is 15.0 Å². The number of aromatic amines is 1. The summed E-state index contributed by atoms with van der Waals surface area (Å²) in [5, 5.41) is 0.780. The largest absolute Gasteiger partial charge is 0.347 e. The monoisotopic (exact) mass is 274 g/mol. The molecule has 0 aliphatic carbocycles. The molecule has 0 saturated carbocycles. The number of H-pyrrole nitrogens is 1. The van der Waals surface area contributed by atoms with Crippen LogP contribution < -0.4 is 0 Å². The van der Waals surface area contributed by atoms with Crippen molar-refractivity contribution >= 4 is 17.7 Å². The minimum absolute atomic E-state index is 0.0395. The summed E-state index contributed by atoms with van der Waals surface area (Å²) >= 11 is 1.50. The van der Waals surface area contributed by atoms with Gasteiger partial charge in [-0.05, 0) is 18.4 Å². The maximum atomic E-state index is 12.5. The van der Waals surface area contributed by atoms with Gasteiger partial charge in [0, 0.05) is 19.2 Å². The van der Waals surface area contributed by atoms with Crippen molar-refractivity contribution in [1.29, 1.82) is 0 Å². The van der Waals surface area contributed by atoms with Gasteiger partial charge in [0.1, 0.15) is 5.03 Å². The number of aromatic nitrogens is 3. The van der Waals surface area contributed by atoms with Crippen LogP contribution in [-0.2, 0) is 13.0 Å². The maximum Gasteiger partial charge on any atom is 0.256 e. The molecule has 0 fully saturated rings. The first-order valence-electron chi connectivity index (χ1n) is 6.09. The zero-order valence-corrected chi connectivity index (χ0v) is 11.4. The van der Waals surface area contributed by atoms with E-state index in [1.807, 2.05) is 17.2 Å². The van der Waals surface area contributed by atoms with Crippen molar-refractivity contribution in [3.05, 3.63) is 41.6 Å². The Hall–Kier alpha value is -1.82. The number of imidazole rings is 1. The highest BCUT2D eigenvalue weighted by Gasteiger charge is 2.24. The molecule has 1 amide bonds. The Morgan fingerprint density at radius 1 is 1.47 bits per heavy atom. The first-order chi connectivity index (χ1) is 9.29. The fourth-order valence-electron chi connectivity index (χ4n) is 2.27. The van der Waals surface area contributed by atoms with Crippen molar-refractivity contribution in [2.45, 2.75) is 18.0 Å². The van der Waals surface area contributed by atoms with Gasteiger partial charge in [0.25, 0.3) is 5.91 Å². The van der Waals surface area contributed by atoms with Crippen LogP contribution >= 0.6 is 11.8 Å². The zero-order chi connectivity index (χ0) is 13.2. The van der Waals surface area contributed by atoms with Crippen molar-refractivity contribution in [2.75, 3.05) is 12.8 Å². The summed E-state index contributed by atoms with van der Waals surface area (Å²) in [4.78, 5) is 26.0. The second-order valence-corrected chi connectivity index (χ2v) is 5.16. The van der Waals surface area contributed by atoms with Crippen LogP contribution in [0.5, 0.6) is 0 Å². The zero-order valence-electron chi connectivity index (χ0n) is 10.6. The SMILES string of the molecule is CSc1ncccc1C(=O)N1CCc2nc[nH]c2C1. The molecule has 1 aliphatic heterocycles. The molecule has 0 bridgehead atoms. The molecular weight excluding hydrogens is 260 g/mol. The van der Waals surface area contributed by atoms with Crippen LogP contribution in [0.15, 0.2) is 29.7 Å². The van der Waals surface area contributed by atoms with Gasteiger partial charge in [-0.1, -0.05) is 0 Å². The third kappa shape index (κ3) is 2.23. The van der Waals surface area contributed by atoms with Crippen LogP contribution in [0.1, 0.15) is 21.7 Å². The molecule has 0 saturated heterocycles. The van der Waals surface area contributed by atoms with E-state index in [9.17, 15) is 4.79 Å². The summed E-state index contributed by atoms with van der Waals surface area (Å²) in [5.74, 6) is 0.0395. The third-order valence-electron chi connectivity index (χ3n) is 3.26. The number of hydrogen-bond donors (Lipinski definition) is 1. The lowest BCUT2D eigenvalue weighted by Gasteiger charge is -2.26. The molecule has 19 heavy (non-hydrogen) atoms. The Labute approximate surface area is 115 Å². The number of fused-ring (bicyclic) bond motifs is 1. The highest BCUT2D eigenvalue weighted by molar-refractivity contribution is 7.98. The number of amides is 1. The molecule has 0 unspecified atom stereocenters. The molecule has 3 rings (SSSR count). The summed E-state index contributed by atoms with van der Waals surface area (Å²) in [6, 6.07) is 3.64. The molecule has 6 heteroatoms. The van der Waals surface area contributed by atoms with Gasteiger partial charge < -0.3 is 9.88 Å². The number of pyridine rings is 1. The second-order valence-electron chi connectivity index (χ2n) is 4.36. The van der Waals surface area contributed by atoms with E-state index >= 15 is 0 Å². The van der Waals surface area contributed by atoms with E-state index in [0.29, 0.717) is 18.7 Å². The summed E-state index contributed by atoms with van der Waals surface area (Å²) in [7, 11) is 0. The lowest BCUT2D eigenvalue weighted by atomic mass is 10.1. The highest BCUT2D eigenvalue weighted by atomic mass is 32.2. The predicted octanol–water partition coefficient (Wildman–Crippen LogP) is 1.73. The molecule has 98 valence electrons. The smallest absolute Gasteiger partial charge is 0.256 e. The molecule has 2 aromatic heterocycles. The second kappa shape index (κ2) is 5.05. The fourth-order valence-corrected chi connectivity index (χ4v) is 2.81. The molecule has 3 heterocycles. The van der Waals surface area contributed by atoms with E-state index in [4.69, 9.17) is 0 Å². The minimum Gasteiger partial charge on any atom is -0.347 e. The molecule has 0 aromatic carbocycles. The maximum absolute atomic E-state index is 12.5. The highest BCUT2D eigenvalue weighted by Crippen LogP contribution is 2.22. The number of nitrogens with one attached hydrogen (secondary N) is 1. The fraction of sp³-hybridized carbons (Fsp3) is 0.308. The van der Waals surface area contributed by atoms with E-state index < -0.39 is 0 Å². The summed E-state index contributed by atoms with van der Waals surface area (Å²) in [5.41, 5.74) is 2.78. The van der Waals surface area contributed by atoms with Gasteiger partial charge in [0.05, 0.1) is 29.8 Å². The predicted molar refractivity (Wildman–Crippen MR) is 73.1 cm³/mol. The Morgan fingerprint density at radius 2 is 2.37 bits per heavy atom. The van der Waals surface area contributed by atoms with Crippen molar-refractivity contribution < 1.29 is 4.79 Å². The average Bonchev–Trinajstić information content (AvgIpc) is 2.93. The van der Waals surface area contributed by atoms with Gasteiger partial charge in [0.15, 0.2) is 0 Å². The lowest BCUT2D eigenvalue weighted by molar-refractivity contribution is 0.0727. The van der Waals surface area contributed by atoms with E-state index in [1.165, 1.54) is 11.8 Å². The van der Waals surface area contributed by atoms with E-state index in [1.54, 1.807) is 18.6 Å². The number of carbonyl (C=O) groups excluding carboxylic acids is 1. The molecule has 5 nitrogen and oxygen atoms in total. The molecule has 1 N–H and O–H groups in total. The van der Waals surface area contributed by atoms with Crippen molar-refractivity contribution in [3.63, 3.8) is 0 Å². The van der Waals surface area contributed by atoms with Crippen LogP contribution in [0.4, 0.5) is 0 Å². The van der Waals surface area contributed by atoms with Crippen LogP contribution in [0.25, 0.3) is 0 Å². The third-order valence-corrected chi connectivity index (χ3v) is 3.97. The quantitative estimate of drug-likeness (QED) is 0.847. The Balaban J connectivity index is 1.85. The van der Waals surface area contributed by atoms with Gasteiger partial charge in [-0.2, -0.15) is 0 Å². The van der Waals surface area contributed by atoms with E-state index in [0.717, 1.165) is 22.8 Å². The average molecular weight is 274 g/mol. The minimum atomic E-state index is 0.0395. The van der Waals surface area contributed by atoms with Crippen LogP contribution in [0.3, 0.4) is 0 Å². The van der Waals surface area contributed by atoms with E-state index in [-0.39, 0.29) is 5.91 Å². The number of rotatable bonds is 2. The number of hydrogen-bond acceptors (Lipinski definition) is 4. The molecular formula is C13H14N4OS. The number of thioether (sulfide) groups is 1. The van der Waals surface area contributed by atoms with Gasteiger partial charge in [-0.15, -0.1) is 11.8 Å². The molecule has 0 atom stereocenters. The number of nitrogens with zero attached hydrogens (tertiary/aromatic N) is 3. The van der Waals surface area contributed by atoms with Crippen molar-refractivity contribution in [1.82, 2.24) is 19.9 Å². The lowest BCUT2D eigenvalue weighted by Crippen LogP contribution is -2.36. The topological polar surface area (TPSA) is 61.9 Å². The van der Waals surface area contributed by atoms with Crippen molar-refractivity contribution in [3.8, 4) is 0 Å². The molecule has 0 spiro atoms. The Morgan fingerprint density at radius 3 is 3.21 bits per heavy atom. The normalized spacial score (nSPS) is 14.3. The van der Waals surface area contributed by atoms with Crippen LogP contribution in [-0.4, -0.2) is 38.6 Å². The molecule has 2 aromatic rings. The van der Waals surface area contributed by atoms with Gasteiger partial charge >= 0.3 is 0 Å². The summed E-state index contributed by atoms with van der Waals surface area (Å²) < 4.78 is 0. The first-order valence-corrected chi connectivity index (χ1v) is 7.31. The Bertz CT molecular complexity index is 610. The number of carbonyl (C=O) groups is 1. The summed E-state index contributed by atoms with van der Waals surface area (Å²) in [6.07, 6.45) is 6.14. The standard InChI is InChI=1S/C13H14N4OS/c1-19-12-9(3-2-5-14-12)13(18)17-6-4-10-11(7-17)16-8-15-10/h2-3,5,8H,4,6-7H2,1H3,(H,15,16). The van der Waals surface area contributed by atoms with Crippen LogP contribution in [0.2, 0.25) is 0 Å². The van der Waals surface area contributed by atoms with Gasteiger partial charge in [-0.25, -0.2) is 9.97 Å². The van der Waals surface area contributed by atoms with Gasteiger partial charge in [-0.3, -0.25) is 4.79 Å².